The maximum absolute atomic E-state index is 10.5. The van der Waals surface area contributed by atoms with Crippen molar-refractivity contribution in [2.24, 2.45) is 5.29 Å². The van der Waals surface area contributed by atoms with Crippen LogP contribution in [0.4, 0.5) is 0 Å². The van der Waals surface area contributed by atoms with E-state index in [1.54, 1.807) is 0 Å². The summed E-state index contributed by atoms with van der Waals surface area (Å²) in [6.45, 7) is 1.35. The fourth-order valence-corrected chi connectivity index (χ4v) is 0.700. The number of nitrogens with zero attached hydrogens (tertiary/aromatic N) is 2. The van der Waals surface area contributed by atoms with Gasteiger partial charge in [-0.15, -0.1) is 4.91 Å². The van der Waals surface area contributed by atoms with Gasteiger partial charge < -0.3 is 0 Å². The van der Waals surface area contributed by atoms with Gasteiger partial charge in [0.1, 0.15) is 0 Å². The van der Waals surface area contributed by atoms with Crippen LogP contribution in [0, 0.1) is 4.91 Å². The highest BCUT2D eigenvalue weighted by Crippen LogP contribution is 2.26. The van der Waals surface area contributed by atoms with E-state index < -0.39 is 0 Å². The SMILES string of the molecule is CC(=O)N(N=O)C1CC1. The van der Waals surface area contributed by atoms with Crippen molar-refractivity contribution in [1.29, 1.82) is 0 Å². The van der Waals surface area contributed by atoms with Crippen LogP contribution in [0.25, 0.3) is 0 Å². The van der Waals surface area contributed by atoms with Crippen LogP contribution in [0.3, 0.4) is 0 Å². The lowest BCUT2D eigenvalue weighted by molar-refractivity contribution is -0.129. The molecule has 0 saturated heterocycles. The zero-order chi connectivity index (χ0) is 6.85. The molecule has 9 heavy (non-hydrogen) atoms. The summed E-state index contributed by atoms with van der Waals surface area (Å²) in [7, 11) is 0. The number of nitroso groups, excluding NO2 is 1. The van der Waals surface area contributed by atoms with Crippen molar-refractivity contribution in [2.75, 3.05) is 0 Å². The Morgan fingerprint density at radius 1 is 1.67 bits per heavy atom. The molecule has 0 aromatic rings. The number of carbonyl (C=O) groups is 1. The summed E-state index contributed by atoms with van der Waals surface area (Å²) in [6.07, 6.45) is 1.84. The van der Waals surface area contributed by atoms with E-state index in [1.807, 2.05) is 0 Å². The Morgan fingerprint density at radius 2 is 2.22 bits per heavy atom. The largest absolute Gasteiger partial charge is 0.273 e. The van der Waals surface area contributed by atoms with Crippen LogP contribution < -0.4 is 0 Å². The molecule has 1 rings (SSSR count). The van der Waals surface area contributed by atoms with Gasteiger partial charge in [-0.25, -0.2) is 0 Å². The molecule has 0 atom stereocenters. The second kappa shape index (κ2) is 2.13. The molecular formula is C5H8N2O2. The highest BCUT2D eigenvalue weighted by Gasteiger charge is 2.31. The van der Waals surface area contributed by atoms with Crippen LogP contribution >= 0.6 is 0 Å². The van der Waals surface area contributed by atoms with Crippen molar-refractivity contribution < 1.29 is 4.79 Å². The third kappa shape index (κ3) is 1.25. The van der Waals surface area contributed by atoms with Crippen LogP contribution in [-0.4, -0.2) is 17.0 Å². The summed E-state index contributed by atoms with van der Waals surface area (Å²) >= 11 is 0. The summed E-state index contributed by atoms with van der Waals surface area (Å²) in [5.41, 5.74) is 0. The molecule has 0 aromatic heterocycles. The van der Waals surface area contributed by atoms with Crippen LogP contribution in [-0.2, 0) is 4.79 Å². The van der Waals surface area contributed by atoms with Crippen molar-refractivity contribution in [3.05, 3.63) is 4.91 Å². The predicted molar refractivity (Wildman–Crippen MR) is 31.3 cm³/mol. The van der Waals surface area contributed by atoms with E-state index in [0.717, 1.165) is 17.9 Å². The van der Waals surface area contributed by atoms with Crippen molar-refractivity contribution in [2.45, 2.75) is 25.8 Å². The summed E-state index contributed by atoms with van der Waals surface area (Å²) in [6, 6.07) is 0.111. The molecule has 4 heteroatoms. The molecule has 0 bridgehead atoms. The van der Waals surface area contributed by atoms with Crippen molar-refractivity contribution in [3.63, 3.8) is 0 Å². The number of hydrogen-bond acceptors (Lipinski definition) is 3. The molecule has 0 radical (unpaired) electrons. The Morgan fingerprint density at radius 3 is 2.33 bits per heavy atom. The number of hydrogen-bond donors (Lipinski definition) is 0. The topological polar surface area (TPSA) is 49.7 Å². The Hall–Kier alpha value is -0.930. The van der Waals surface area contributed by atoms with E-state index in [1.165, 1.54) is 6.92 Å². The zero-order valence-electron chi connectivity index (χ0n) is 5.20. The summed E-state index contributed by atoms with van der Waals surface area (Å²) in [4.78, 5) is 20.4. The quantitative estimate of drug-likeness (QED) is 0.405. The van der Waals surface area contributed by atoms with E-state index >= 15 is 0 Å². The minimum Gasteiger partial charge on any atom is -0.273 e. The van der Waals surface area contributed by atoms with Crippen LogP contribution in [0.1, 0.15) is 19.8 Å². The molecule has 0 spiro atoms. The van der Waals surface area contributed by atoms with E-state index in [-0.39, 0.29) is 11.9 Å². The first-order valence-corrected chi connectivity index (χ1v) is 2.89. The number of amides is 1. The molecule has 1 fully saturated rings. The maximum Gasteiger partial charge on any atom is 0.242 e. The lowest BCUT2D eigenvalue weighted by Crippen LogP contribution is -2.24. The van der Waals surface area contributed by atoms with E-state index in [2.05, 4.69) is 5.29 Å². The van der Waals surface area contributed by atoms with Gasteiger partial charge in [0.25, 0.3) is 0 Å². The van der Waals surface area contributed by atoms with Crippen LogP contribution in [0.15, 0.2) is 5.29 Å². The maximum atomic E-state index is 10.5. The van der Waals surface area contributed by atoms with Gasteiger partial charge in [-0.2, -0.15) is 5.01 Å². The van der Waals surface area contributed by atoms with Gasteiger partial charge in [0, 0.05) is 6.92 Å². The molecule has 0 unspecified atom stereocenters. The van der Waals surface area contributed by atoms with Gasteiger partial charge in [0.15, 0.2) is 0 Å². The highest BCUT2D eigenvalue weighted by atomic mass is 16.3. The average molecular weight is 128 g/mol. The van der Waals surface area contributed by atoms with Crippen molar-refractivity contribution >= 4 is 5.91 Å². The monoisotopic (exact) mass is 128 g/mol. The Kier molecular flexibility index (Phi) is 1.46. The standard InChI is InChI=1S/C5H8N2O2/c1-4(8)7(6-9)5-2-3-5/h5H,2-3H2,1H3. The fourth-order valence-electron chi connectivity index (χ4n) is 0.700. The molecule has 1 amide bonds. The number of carbonyl (C=O) groups excluding carboxylic acids is 1. The minimum atomic E-state index is -0.257. The van der Waals surface area contributed by atoms with Crippen LogP contribution in [0.2, 0.25) is 0 Å². The summed E-state index contributed by atoms with van der Waals surface area (Å²) in [5, 5.41) is 3.58. The Labute approximate surface area is 52.8 Å². The second-order valence-electron chi connectivity index (χ2n) is 2.18. The molecule has 4 nitrogen and oxygen atoms in total. The van der Waals surface area contributed by atoms with E-state index in [0.29, 0.717) is 0 Å². The van der Waals surface area contributed by atoms with Gasteiger partial charge in [-0.05, 0) is 12.8 Å². The smallest absolute Gasteiger partial charge is 0.242 e. The molecule has 1 aliphatic carbocycles. The van der Waals surface area contributed by atoms with Gasteiger partial charge >= 0.3 is 0 Å². The molecule has 0 N–H and O–H groups in total. The second-order valence-corrected chi connectivity index (χ2v) is 2.18. The normalized spacial score (nSPS) is 17.0. The first-order valence-electron chi connectivity index (χ1n) is 2.89. The molecule has 0 aromatic carbocycles. The fraction of sp³-hybridized carbons (Fsp3) is 0.800. The molecule has 1 aliphatic rings. The lowest BCUT2D eigenvalue weighted by atomic mass is 10.6. The molecule has 1 saturated carbocycles. The third-order valence-corrected chi connectivity index (χ3v) is 1.30. The first kappa shape index (κ1) is 6.19. The minimum absolute atomic E-state index is 0.111. The van der Waals surface area contributed by atoms with Crippen molar-refractivity contribution in [1.82, 2.24) is 5.01 Å². The highest BCUT2D eigenvalue weighted by molar-refractivity contribution is 5.73. The Balaban J connectivity index is 2.47. The summed E-state index contributed by atoms with van der Waals surface area (Å²) < 4.78 is 0. The van der Waals surface area contributed by atoms with Gasteiger partial charge in [-0.3, -0.25) is 4.79 Å². The summed E-state index contributed by atoms with van der Waals surface area (Å²) in [5.74, 6) is -0.257. The van der Waals surface area contributed by atoms with Gasteiger partial charge in [0.2, 0.25) is 5.91 Å². The van der Waals surface area contributed by atoms with Crippen LogP contribution in [0.5, 0.6) is 0 Å². The average Bonchev–Trinajstić information content (AvgIpc) is 2.50. The molecular weight excluding hydrogens is 120 g/mol. The van der Waals surface area contributed by atoms with E-state index in [9.17, 15) is 9.70 Å². The third-order valence-electron chi connectivity index (χ3n) is 1.30. The predicted octanol–water partition coefficient (Wildman–Crippen LogP) is 0.679. The Bertz CT molecular complexity index is 142. The van der Waals surface area contributed by atoms with Crippen molar-refractivity contribution in [3.8, 4) is 0 Å². The molecule has 50 valence electrons. The molecule has 0 heterocycles. The zero-order valence-corrected chi connectivity index (χ0v) is 5.20. The molecule has 0 aliphatic heterocycles. The first-order chi connectivity index (χ1) is 4.25. The van der Waals surface area contributed by atoms with Gasteiger partial charge in [0.05, 0.1) is 11.3 Å². The number of rotatable bonds is 2. The lowest BCUT2D eigenvalue weighted by Gasteiger charge is -2.06. The van der Waals surface area contributed by atoms with E-state index in [4.69, 9.17) is 0 Å². The van der Waals surface area contributed by atoms with Gasteiger partial charge in [-0.1, -0.05) is 0 Å².